The molecule has 254 valence electrons. The van der Waals surface area contributed by atoms with E-state index in [-0.39, 0.29) is 49.4 Å². The van der Waals surface area contributed by atoms with E-state index in [4.69, 9.17) is 32.8 Å². The first kappa shape index (κ1) is 32.6. The van der Waals surface area contributed by atoms with Gasteiger partial charge in [-0.15, -0.1) is 0 Å². The summed E-state index contributed by atoms with van der Waals surface area (Å²) in [4.78, 5) is 40.6. The summed E-state index contributed by atoms with van der Waals surface area (Å²) in [7, 11) is 2.84. The number of phenols is 1. The van der Waals surface area contributed by atoms with Crippen LogP contribution in [0.5, 0.6) is 11.5 Å². The van der Waals surface area contributed by atoms with E-state index in [0.29, 0.717) is 5.56 Å². The van der Waals surface area contributed by atoms with Crippen LogP contribution in [0.25, 0.3) is 43.6 Å². The number of phenolic OH excluding ortho intramolecular Hbond substituents is 1. The molecule has 0 saturated carbocycles. The lowest BCUT2D eigenvalue weighted by molar-refractivity contribution is -0.354. The number of hydrogen-bond acceptors (Lipinski definition) is 14. The molecule has 7 rings (SSSR count). The van der Waals surface area contributed by atoms with Gasteiger partial charge in [-0.1, -0.05) is 18.2 Å². The van der Waals surface area contributed by atoms with E-state index in [0.717, 1.165) is 0 Å². The maximum atomic E-state index is 14.0. The molecule has 0 bridgehead atoms. The van der Waals surface area contributed by atoms with Crippen molar-refractivity contribution in [3.05, 3.63) is 66.8 Å². The number of aromatic hydroxyl groups is 1. The van der Waals surface area contributed by atoms with Crippen LogP contribution in [-0.2, 0) is 23.7 Å². The molecule has 48 heavy (non-hydrogen) atoms. The van der Waals surface area contributed by atoms with Gasteiger partial charge in [-0.05, 0) is 38.5 Å². The van der Waals surface area contributed by atoms with Gasteiger partial charge in [0, 0.05) is 35.9 Å². The highest BCUT2D eigenvalue weighted by atomic mass is 16.8. The van der Waals surface area contributed by atoms with Gasteiger partial charge in [0.15, 0.2) is 29.2 Å². The summed E-state index contributed by atoms with van der Waals surface area (Å²) in [5.74, 6) is -0.809. The van der Waals surface area contributed by atoms with Crippen LogP contribution in [0.4, 0.5) is 0 Å². The maximum Gasteiger partial charge on any atom is 0.344 e. The van der Waals surface area contributed by atoms with Crippen LogP contribution in [0.3, 0.4) is 0 Å². The second kappa shape index (κ2) is 11.9. The van der Waals surface area contributed by atoms with E-state index in [9.17, 15) is 34.8 Å². The lowest BCUT2D eigenvalue weighted by atomic mass is 9.87. The van der Waals surface area contributed by atoms with Gasteiger partial charge in [-0.3, -0.25) is 9.59 Å². The highest BCUT2D eigenvalue weighted by Crippen LogP contribution is 2.45. The number of fused-ring (bicyclic) bond motifs is 2. The molecule has 14 heteroatoms. The lowest BCUT2D eigenvalue weighted by Crippen LogP contribution is -2.64. The first-order valence-electron chi connectivity index (χ1n) is 15.4. The Morgan fingerprint density at radius 3 is 2.10 bits per heavy atom. The smallest absolute Gasteiger partial charge is 0.344 e. The van der Waals surface area contributed by atoms with Crippen molar-refractivity contribution in [1.29, 1.82) is 0 Å². The average molecular weight is 667 g/mol. The third-order valence-electron chi connectivity index (χ3n) is 9.57. The fourth-order valence-electron chi connectivity index (χ4n) is 7.13. The fourth-order valence-corrected chi connectivity index (χ4v) is 7.13. The molecule has 1 aromatic heterocycles. The first-order chi connectivity index (χ1) is 22.9. The molecule has 14 nitrogen and oxygen atoms in total. The number of aliphatic hydroxyl groups excluding tert-OH is 3. The van der Waals surface area contributed by atoms with Gasteiger partial charge in [0.05, 0.1) is 28.5 Å². The summed E-state index contributed by atoms with van der Waals surface area (Å²) in [5.41, 5.74) is -2.11. The van der Waals surface area contributed by atoms with Crippen LogP contribution in [0.2, 0.25) is 0 Å². The lowest BCUT2D eigenvalue weighted by Gasteiger charge is -2.46. The molecular formula is C34H34O14. The molecule has 10 atom stereocenters. The van der Waals surface area contributed by atoms with E-state index in [2.05, 4.69) is 0 Å². The van der Waals surface area contributed by atoms with Crippen molar-refractivity contribution in [3.8, 4) is 22.6 Å². The molecule has 2 aromatic carbocycles. The molecule has 3 heterocycles. The third kappa shape index (κ3) is 4.67. The van der Waals surface area contributed by atoms with Crippen LogP contribution in [0.15, 0.2) is 49.1 Å². The molecule has 0 amide bonds. The Labute approximate surface area is 271 Å². The molecule has 0 spiro atoms. The van der Waals surface area contributed by atoms with E-state index in [1.807, 2.05) is 0 Å². The van der Waals surface area contributed by atoms with Gasteiger partial charge in [-0.25, -0.2) is 4.79 Å². The molecule has 3 aromatic rings. The minimum Gasteiger partial charge on any atom is -0.504 e. The summed E-state index contributed by atoms with van der Waals surface area (Å²) in [6, 6.07) is 7.42. The minimum atomic E-state index is -1.60. The van der Waals surface area contributed by atoms with Crippen LogP contribution < -0.4 is 21.2 Å². The number of benzene rings is 4. The molecule has 2 aliphatic heterocycles. The SMILES string of the molecule is CO[C@@H]1[C@@H](O)[C@@H](O[C@H]2[C@H](Oc3cccc4c(=O)c5c(O)c(=O)c6ccc(C)c7c(=O)oc(c-5c67)c34)O[C@H](C)[C@H](O)[C@@H]2O)O[C@H](C)[C@@H]1OC. The summed E-state index contributed by atoms with van der Waals surface area (Å²) in [6.07, 6.45) is -11.8. The Morgan fingerprint density at radius 2 is 1.40 bits per heavy atom. The molecule has 2 aliphatic carbocycles. The van der Waals surface area contributed by atoms with Crippen LogP contribution in [0.1, 0.15) is 19.4 Å². The summed E-state index contributed by atoms with van der Waals surface area (Å²) in [5, 5.41) is 44.3. The number of hydrogen-bond donors (Lipinski definition) is 4. The number of ether oxygens (including phenoxy) is 6. The molecule has 2 fully saturated rings. The van der Waals surface area contributed by atoms with Gasteiger partial charge >= 0.3 is 5.63 Å². The van der Waals surface area contributed by atoms with Crippen LogP contribution in [-0.4, -0.2) is 96.1 Å². The Kier molecular flexibility index (Phi) is 8.04. The molecule has 2 saturated heterocycles. The monoisotopic (exact) mass is 666 g/mol. The number of rotatable bonds is 6. The normalized spacial score (nSPS) is 31.3. The molecule has 0 radical (unpaired) electrons. The average Bonchev–Trinajstić information content (AvgIpc) is 3.06. The van der Waals surface area contributed by atoms with Gasteiger partial charge in [0.25, 0.3) is 0 Å². The van der Waals surface area contributed by atoms with Crippen molar-refractivity contribution in [3.63, 3.8) is 0 Å². The largest absolute Gasteiger partial charge is 0.504 e. The molecular weight excluding hydrogens is 632 g/mol. The zero-order chi connectivity index (χ0) is 34.3. The van der Waals surface area contributed by atoms with Gasteiger partial charge < -0.3 is 53.3 Å². The first-order valence-corrected chi connectivity index (χ1v) is 15.4. The quantitative estimate of drug-likeness (QED) is 0.114. The number of aryl methyl sites for hydroxylation is 1. The maximum absolute atomic E-state index is 14.0. The zero-order valence-corrected chi connectivity index (χ0v) is 26.5. The fraction of sp³-hybridized carbons (Fsp3) is 0.441. The summed E-state index contributed by atoms with van der Waals surface area (Å²) < 4.78 is 40.9. The van der Waals surface area contributed by atoms with Crippen molar-refractivity contribution in [2.75, 3.05) is 14.2 Å². The van der Waals surface area contributed by atoms with Gasteiger partial charge in [0.2, 0.25) is 11.7 Å². The summed E-state index contributed by atoms with van der Waals surface area (Å²) in [6.45, 7) is 4.87. The second-order valence-electron chi connectivity index (χ2n) is 12.3. The highest BCUT2D eigenvalue weighted by Gasteiger charge is 2.51. The van der Waals surface area contributed by atoms with Crippen LogP contribution in [0, 0.1) is 6.92 Å². The Balaban J connectivity index is 1.39. The highest BCUT2D eigenvalue weighted by molar-refractivity contribution is 6.21. The van der Waals surface area contributed by atoms with Crippen molar-refractivity contribution >= 4 is 32.5 Å². The van der Waals surface area contributed by atoms with Gasteiger partial charge in [0.1, 0.15) is 36.3 Å². The predicted molar refractivity (Wildman–Crippen MR) is 169 cm³/mol. The Bertz CT molecular complexity index is 2150. The van der Waals surface area contributed by atoms with Crippen molar-refractivity contribution in [1.82, 2.24) is 0 Å². The van der Waals surface area contributed by atoms with Crippen molar-refractivity contribution in [2.24, 2.45) is 0 Å². The Hall–Kier alpha value is -3.99. The predicted octanol–water partition coefficient (Wildman–Crippen LogP) is 1.18. The standard InChI is InChI=1S/C34H34O14/c1-11-9-10-15-19-17(11)32(41)47-29-18-14(23(36)21(20(19)29)25(38)24(15)37)7-6-8-16(18)46-34-31(26(39)22(35)12(2)44-34)48-33-27(40)30(43-5)28(42-4)13(3)45-33/h6-10,12-13,22,26-28,30-31,33-35,38-40H,1-5H3/t12-,13-,22+,26+,27-,28+,30-,31-,33-,34+/m1/s1. The van der Waals surface area contributed by atoms with E-state index in [1.165, 1.54) is 45.4 Å². The van der Waals surface area contributed by atoms with E-state index in [1.54, 1.807) is 19.9 Å². The third-order valence-corrected chi connectivity index (χ3v) is 9.57. The van der Waals surface area contributed by atoms with Gasteiger partial charge in [-0.2, -0.15) is 0 Å². The molecule has 0 unspecified atom stereocenters. The van der Waals surface area contributed by atoms with Crippen LogP contribution >= 0.6 is 0 Å². The second-order valence-corrected chi connectivity index (χ2v) is 12.3. The summed E-state index contributed by atoms with van der Waals surface area (Å²) >= 11 is 0. The minimum absolute atomic E-state index is 0.0358. The molecule has 4 aliphatic rings. The Morgan fingerprint density at radius 1 is 0.708 bits per heavy atom. The number of aliphatic hydroxyl groups is 3. The van der Waals surface area contributed by atoms with E-state index < -0.39 is 83.6 Å². The van der Waals surface area contributed by atoms with Crippen molar-refractivity contribution in [2.45, 2.75) is 82.2 Å². The topological polar surface area (TPSA) is 201 Å². The van der Waals surface area contributed by atoms with Crippen molar-refractivity contribution < 1.29 is 53.3 Å². The number of methoxy groups -OCH3 is 2. The molecule has 4 N–H and O–H groups in total. The zero-order valence-electron chi connectivity index (χ0n) is 26.5. The van der Waals surface area contributed by atoms with E-state index >= 15 is 0 Å².